The smallest absolute Gasteiger partial charge is 0.232 e. The van der Waals surface area contributed by atoms with Gasteiger partial charge in [-0.1, -0.05) is 20.8 Å². The molecule has 0 atom stereocenters. The average molecular weight is 403 g/mol. The van der Waals surface area contributed by atoms with Crippen molar-refractivity contribution in [3.05, 3.63) is 24.3 Å². The Balaban J connectivity index is 2.49. The summed E-state index contributed by atoms with van der Waals surface area (Å²) in [5, 5.41) is 2.88. The van der Waals surface area contributed by atoms with Crippen molar-refractivity contribution in [2.75, 3.05) is 36.5 Å². The second-order valence-corrected chi connectivity index (χ2v) is 10.8. The summed E-state index contributed by atoms with van der Waals surface area (Å²) in [5.41, 5.74) is 0.565. The SMILES string of the molecule is COc1ccc(N(CCCC(=O)NCCSC(C)(C)C)S(C)(=O)=O)cc1. The van der Waals surface area contributed by atoms with Crippen LogP contribution in [0.2, 0.25) is 0 Å². The highest BCUT2D eigenvalue weighted by atomic mass is 32.2. The number of rotatable bonds is 10. The van der Waals surface area contributed by atoms with Gasteiger partial charge in [0.25, 0.3) is 0 Å². The average Bonchev–Trinajstić information content (AvgIpc) is 2.54. The summed E-state index contributed by atoms with van der Waals surface area (Å²) in [7, 11) is -1.86. The van der Waals surface area contributed by atoms with Crippen molar-refractivity contribution in [3.63, 3.8) is 0 Å². The predicted octanol–water partition coefficient (Wildman–Crippen LogP) is 2.89. The lowest BCUT2D eigenvalue weighted by Gasteiger charge is -2.22. The minimum atomic E-state index is -3.42. The lowest BCUT2D eigenvalue weighted by molar-refractivity contribution is -0.121. The number of nitrogens with one attached hydrogen (secondary N) is 1. The molecule has 26 heavy (non-hydrogen) atoms. The summed E-state index contributed by atoms with van der Waals surface area (Å²) in [6.45, 7) is 7.29. The van der Waals surface area contributed by atoms with Gasteiger partial charge in [0, 0.05) is 30.0 Å². The minimum absolute atomic E-state index is 0.0531. The number of carbonyl (C=O) groups is 1. The Bertz CT molecular complexity index is 667. The number of carbonyl (C=O) groups excluding carboxylic acids is 1. The molecule has 1 aromatic rings. The number of hydrogen-bond acceptors (Lipinski definition) is 5. The lowest BCUT2D eigenvalue weighted by Crippen LogP contribution is -2.32. The molecule has 0 radical (unpaired) electrons. The topological polar surface area (TPSA) is 75.7 Å². The molecule has 0 fully saturated rings. The Morgan fingerprint density at radius 2 is 1.85 bits per heavy atom. The molecule has 0 saturated heterocycles. The number of amides is 1. The zero-order valence-electron chi connectivity index (χ0n) is 16.2. The molecule has 1 rings (SSSR count). The molecule has 1 N–H and O–H groups in total. The van der Waals surface area contributed by atoms with Crippen LogP contribution < -0.4 is 14.4 Å². The van der Waals surface area contributed by atoms with Gasteiger partial charge in [-0.05, 0) is 30.7 Å². The van der Waals surface area contributed by atoms with Crippen molar-refractivity contribution >= 4 is 33.4 Å². The van der Waals surface area contributed by atoms with Crippen molar-refractivity contribution in [1.82, 2.24) is 5.32 Å². The van der Waals surface area contributed by atoms with Crippen LogP contribution in [0.3, 0.4) is 0 Å². The van der Waals surface area contributed by atoms with E-state index >= 15 is 0 Å². The molecule has 0 heterocycles. The summed E-state index contributed by atoms with van der Waals surface area (Å²) in [6.07, 6.45) is 1.92. The first-order valence-electron chi connectivity index (χ1n) is 8.55. The third-order valence-corrected chi connectivity index (χ3v) is 5.95. The maximum Gasteiger partial charge on any atom is 0.232 e. The van der Waals surface area contributed by atoms with Crippen LogP contribution >= 0.6 is 11.8 Å². The largest absolute Gasteiger partial charge is 0.497 e. The maximum absolute atomic E-state index is 12.1. The molecule has 1 aromatic carbocycles. The van der Waals surface area contributed by atoms with Gasteiger partial charge in [0.2, 0.25) is 15.9 Å². The van der Waals surface area contributed by atoms with Gasteiger partial charge in [0.05, 0.1) is 19.1 Å². The Hall–Kier alpha value is -1.41. The third kappa shape index (κ3) is 8.80. The van der Waals surface area contributed by atoms with Crippen LogP contribution in [-0.4, -0.2) is 51.3 Å². The molecule has 148 valence electrons. The number of nitrogens with zero attached hydrogens (tertiary/aromatic N) is 1. The number of sulfonamides is 1. The predicted molar refractivity (Wildman–Crippen MR) is 110 cm³/mol. The number of anilines is 1. The highest BCUT2D eigenvalue weighted by Crippen LogP contribution is 2.23. The van der Waals surface area contributed by atoms with Crippen molar-refractivity contribution in [2.24, 2.45) is 0 Å². The molecule has 0 aliphatic heterocycles. The van der Waals surface area contributed by atoms with Crippen LogP contribution in [0.15, 0.2) is 24.3 Å². The van der Waals surface area contributed by atoms with Gasteiger partial charge < -0.3 is 10.1 Å². The standard InChI is InChI=1S/C18H30N2O4S2/c1-18(2,3)25-14-12-19-17(21)7-6-13-20(26(5,22)23)15-8-10-16(24-4)11-9-15/h8-11H,6-7,12-14H2,1-5H3,(H,19,21). The highest BCUT2D eigenvalue weighted by molar-refractivity contribution is 8.00. The van der Waals surface area contributed by atoms with E-state index in [0.29, 0.717) is 30.8 Å². The Morgan fingerprint density at radius 3 is 2.35 bits per heavy atom. The molecule has 0 aromatic heterocycles. The van der Waals surface area contributed by atoms with Crippen LogP contribution in [0.25, 0.3) is 0 Å². The third-order valence-electron chi connectivity index (χ3n) is 3.49. The molecule has 0 saturated carbocycles. The molecule has 6 nitrogen and oxygen atoms in total. The second-order valence-electron chi connectivity index (χ2n) is 6.95. The fraction of sp³-hybridized carbons (Fsp3) is 0.611. The van der Waals surface area contributed by atoms with Gasteiger partial charge in [-0.25, -0.2) is 8.42 Å². The molecule has 0 aliphatic rings. The molecule has 0 bridgehead atoms. The van der Waals surface area contributed by atoms with Crippen molar-refractivity contribution in [1.29, 1.82) is 0 Å². The maximum atomic E-state index is 12.1. The number of hydrogen-bond donors (Lipinski definition) is 1. The molecule has 0 spiro atoms. The summed E-state index contributed by atoms with van der Waals surface area (Å²) in [6, 6.07) is 6.83. The van der Waals surface area contributed by atoms with Gasteiger partial charge in [-0.2, -0.15) is 11.8 Å². The first-order chi connectivity index (χ1) is 12.0. The number of thioether (sulfide) groups is 1. The fourth-order valence-electron chi connectivity index (χ4n) is 2.25. The van der Waals surface area contributed by atoms with E-state index in [0.717, 1.165) is 5.75 Å². The van der Waals surface area contributed by atoms with Gasteiger partial charge in [-0.15, -0.1) is 0 Å². The Morgan fingerprint density at radius 1 is 1.23 bits per heavy atom. The monoisotopic (exact) mass is 402 g/mol. The highest BCUT2D eigenvalue weighted by Gasteiger charge is 2.17. The Labute approximate surface area is 161 Å². The summed E-state index contributed by atoms with van der Waals surface area (Å²) in [5.74, 6) is 1.47. The minimum Gasteiger partial charge on any atom is -0.497 e. The zero-order valence-corrected chi connectivity index (χ0v) is 17.9. The van der Waals surface area contributed by atoms with E-state index in [1.54, 1.807) is 43.1 Å². The van der Waals surface area contributed by atoms with E-state index in [4.69, 9.17) is 4.74 Å². The zero-order chi connectivity index (χ0) is 19.8. The molecular formula is C18H30N2O4S2. The first-order valence-corrected chi connectivity index (χ1v) is 11.4. The van der Waals surface area contributed by atoms with E-state index in [1.807, 2.05) is 0 Å². The summed E-state index contributed by atoms with van der Waals surface area (Å²) >= 11 is 1.80. The number of methoxy groups -OCH3 is 1. The van der Waals surface area contributed by atoms with Gasteiger partial charge >= 0.3 is 0 Å². The van der Waals surface area contributed by atoms with Crippen LogP contribution in [-0.2, 0) is 14.8 Å². The van der Waals surface area contributed by atoms with Crippen LogP contribution in [0.1, 0.15) is 33.6 Å². The van der Waals surface area contributed by atoms with Gasteiger partial charge in [0.15, 0.2) is 0 Å². The Kier molecular flexibility index (Phi) is 8.76. The number of benzene rings is 1. The van der Waals surface area contributed by atoms with E-state index in [1.165, 1.54) is 10.6 Å². The molecule has 0 aliphatic carbocycles. The summed E-state index contributed by atoms with van der Waals surface area (Å²) in [4.78, 5) is 11.9. The molecule has 0 unspecified atom stereocenters. The van der Waals surface area contributed by atoms with Crippen LogP contribution in [0.5, 0.6) is 5.75 Å². The second kappa shape index (κ2) is 10.1. The molecule has 8 heteroatoms. The summed E-state index contributed by atoms with van der Waals surface area (Å²) < 4.78 is 30.7. The quantitative estimate of drug-likeness (QED) is 0.609. The fourth-order valence-corrected chi connectivity index (χ4v) is 4.04. The van der Waals surface area contributed by atoms with E-state index in [-0.39, 0.29) is 17.2 Å². The van der Waals surface area contributed by atoms with E-state index < -0.39 is 10.0 Å². The van der Waals surface area contributed by atoms with Crippen LogP contribution in [0, 0.1) is 0 Å². The molecule has 1 amide bonds. The van der Waals surface area contributed by atoms with Gasteiger partial charge in [-0.3, -0.25) is 9.10 Å². The van der Waals surface area contributed by atoms with Gasteiger partial charge in [0.1, 0.15) is 5.75 Å². The van der Waals surface area contributed by atoms with E-state index in [9.17, 15) is 13.2 Å². The van der Waals surface area contributed by atoms with Crippen LogP contribution in [0.4, 0.5) is 5.69 Å². The van der Waals surface area contributed by atoms with E-state index in [2.05, 4.69) is 26.1 Å². The molecular weight excluding hydrogens is 372 g/mol. The number of ether oxygens (including phenoxy) is 1. The lowest BCUT2D eigenvalue weighted by atomic mass is 10.2. The van der Waals surface area contributed by atoms with Crippen molar-refractivity contribution in [2.45, 2.75) is 38.4 Å². The van der Waals surface area contributed by atoms with Crippen molar-refractivity contribution < 1.29 is 17.9 Å². The first kappa shape index (κ1) is 22.6. The van der Waals surface area contributed by atoms with Crippen molar-refractivity contribution in [3.8, 4) is 5.75 Å². The normalized spacial score (nSPS) is 11.9.